The molecule has 0 N–H and O–H groups in total. The van der Waals surface area contributed by atoms with Crippen LogP contribution in [-0.2, 0) is 0 Å². The van der Waals surface area contributed by atoms with Crippen molar-refractivity contribution >= 4 is 39.0 Å². The van der Waals surface area contributed by atoms with Gasteiger partial charge in [0.05, 0.1) is 5.69 Å². The molecule has 3 nitrogen and oxygen atoms in total. The molecule has 1 atom stereocenters. The largest absolute Gasteiger partial charge is 0.454 e. The van der Waals surface area contributed by atoms with Crippen LogP contribution in [0.5, 0.6) is 0 Å². The molecule has 0 aliphatic carbocycles. The molecule has 0 radical (unpaired) electrons. The summed E-state index contributed by atoms with van der Waals surface area (Å²) in [6.45, 7) is 8.70. The van der Waals surface area contributed by atoms with E-state index < -0.39 is 0 Å². The molecule has 3 heteroatoms. The average Bonchev–Trinajstić information content (AvgIpc) is 3.14. The van der Waals surface area contributed by atoms with E-state index in [0.29, 0.717) is 0 Å². The first-order valence-electron chi connectivity index (χ1n) is 9.51. The number of para-hydroxylation sites is 1. The molecule has 1 aliphatic rings. The van der Waals surface area contributed by atoms with E-state index in [9.17, 15) is 0 Å². The molecule has 1 aromatic heterocycles. The lowest BCUT2D eigenvalue weighted by molar-refractivity contribution is 0.661. The van der Waals surface area contributed by atoms with Gasteiger partial charge in [-0.25, -0.2) is 0 Å². The zero-order valence-electron chi connectivity index (χ0n) is 16.5. The Kier molecular flexibility index (Phi) is 3.33. The molecule has 0 fully saturated rings. The summed E-state index contributed by atoms with van der Waals surface area (Å²) >= 11 is 0. The van der Waals surface area contributed by atoms with Gasteiger partial charge in [0, 0.05) is 23.5 Å². The van der Waals surface area contributed by atoms with Crippen LogP contribution in [0.15, 0.2) is 52.9 Å². The van der Waals surface area contributed by atoms with Crippen molar-refractivity contribution in [3.8, 4) is 0 Å². The number of furan rings is 1. The molecule has 0 spiro atoms. The van der Waals surface area contributed by atoms with Crippen molar-refractivity contribution in [2.75, 3.05) is 16.8 Å². The Labute approximate surface area is 159 Å². The average molecular weight is 356 g/mol. The van der Waals surface area contributed by atoms with E-state index in [1.807, 2.05) is 0 Å². The number of benzene rings is 3. The Morgan fingerprint density at radius 1 is 0.815 bits per heavy atom. The first kappa shape index (κ1) is 16.2. The number of hydrogen-bond donors (Lipinski definition) is 0. The summed E-state index contributed by atoms with van der Waals surface area (Å²) in [7, 11) is 2.16. The SMILES string of the molecule is Cc1ccc(C)c(N2c3ccc4c(oc5c(C)cccc54)c3N(C)[C@@H]2C)c1. The lowest BCUT2D eigenvalue weighted by atomic mass is 10.1. The van der Waals surface area contributed by atoms with Crippen molar-refractivity contribution in [3.05, 3.63) is 65.2 Å². The quantitative estimate of drug-likeness (QED) is 0.391. The van der Waals surface area contributed by atoms with Crippen molar-refractivity contribution < 1.29 is 4.42 Å². The third-order valence-corrected chi connectivity index (χ3v) is 5.99. The molecule has 0 saturated carbocycles. The molecule has 0 unspecified atom stereocenters. The minimum absolute atomic E-state index is 0.223. The molecule has 0 amide bonds. The van der Waals surface area contributed by atoms with Gasteiger partial charge in [-0.15, -0.1) is 0 Å². The van der Waals surface area contributed by atoms with Gasteiger partial charge in [-0.2, -0.15) is 0 Å². The van der Waals surface area contributed by atoms with Gasteiger partial charge in [0.25, 0.3) is 0 Å². The van der Waals surface area contributed by atoms with Gasteiger partial charge in [-0.3, -0.25) is 0 Å². The first-order valence-corrected chi connectivity index (χ1v) is 9.51. The van der Waals surface area contributed by atoms with Crippen LogP contribution >= 0.6 is 0 Å². The van der Waals surface area contributed by atoms with Gasteiger partial charge in [-0.05, 0) is 62.6 Å². The predicted octanol–water partition coefficient (Wildman–Crippen LogP) is 6.45. The summed E-state index contributed by atoms with van der Waals surface area (Å²) < 4.78 is 6.41. The van der Waals surface area contributed by atoms with E-state index >= 15 is 0 Å². The van der Waals surface area contributed by atoms with Crippen molar-refractivity contribution in [2.24, 2.45) is 0 Å². The minimum Gasteiger partial charge on any atom is -0.454 e. The lowest BCUT2D eigenvalue weighted by Crippen LogP contribution is -2.36. The van der Waals surface area contributed by atoms with Gasteiger partial charge >= 0.3 is 0 Å². The molecule has 4 aromatic rings. The van der Waals surface area contributed by atoms with Crippen molar-refractivity contribution in [3.63, 3.8) is 0 Å². The van der Waals surface area contributed by atoms with E-state index in [1.165, 1.54) is 44.5 Å². The third-order valence-electron chi connectivity index (χ3n) is 5.99. The molecule has 1 aliphatic heterocycles. The summed E-state index contributed by atoms with van der Waals surface area (Å²) in [6.07, 6.45) is 0.223. The molecule has 3 aromatic carbocycles. The van der Waals surface area contributed by atoms with Crippen LogP contribution in [0.4, 0.5) is 17.1 Å². The smallest absolute Gasteiger partial charge is 0.160 e. The highest BCUT2D eigenvalue weighted by atomic mass is 16.3. The highest BCUT2D eigenvalue weighted by Gasteiger charge is 2.35. The first-order chi connectivity index (χ1) is 13.0. The zero-order chi connectivity index (χ0) is 18.9. The Bertz CT molecular complexity index is 1200. The highest BCUT2D eigenvalue weighted by Crippen LogP contribution is 2.49. The van der Waals surface area contributed by atoms with Crippen LogP contribution in [0, 0.1) is 20.8 Å². The fourth-order valence-electron chi connectivity index (χ4n) is 4.38. The zero-order valence-corrected chi connectivity index (χ0v) is 16.5. The molecule has 0 bridgehead atoms. The fraction of sp³-hybridized carbons (Fsp3) is 0.250. The maximum atomic E-state index is 6.41. The van der Waals surface area contributed by atoms with Crippen LogP contribution in [0.1, 0.15) is 23.6 Å². The van der Waals surface area contributed by atoms with E-state index in [2.05, 4.69) is 93.1 Å². The summed E-state index contributed by atoms with van der Waals surface area (Å²) in [5.41, 5.74) is 9.37. The summed E-state index contributed by atoms with van der Waals surface area (Å²) in [6, 6.07) is 17.5. The Morgan fingerprint density at radius 3 is 2.41 bits per heavy atom. The maximum absolute atomic E-state index is 6.41. The van der Waals surface area contributed by atoms with Crippen LogP contribution in [0.25, 0.3) is 21.9 Å². The molecular formula is C24H24N2O. The van der Waals surface area contributed by atoms with Gasteiger partial charge in [0.15, 0.2) is 5.58 Å². The summed E-state index contributed by atoms with van der Waals surface area (Å²) in [5.74, 6) is 0. The fourth-order valence-corrected chi connectivity index (χ4v) is 4.38. The normalized spacial score (nSPS) is 16.6. The number of rotatable bonds is 1. The maximum Gasteiger partial charge on any atom is 0.160 e. The lowest BCUT2D eigenvalue weighted by Gasteiger charge is -2.29. The van der Waals surface area contributed by atoms with Crippen molar-refractivity contribution in [2.45, 2.75) is 33.9 Å². The van der Waals surface area contributed by atoms with E-state index in [0.717, 1.165) is 11.2 Å². The second kappa shape index (κ2) is 5.53. The van der Waals surface area contributed by atoms with Crippen molar-refractivity contribution in [1.29, 1.82) is 0 Å². The molecule has 2 heterocycles. The number of aryl methyl sites for hydroxylation is 3. The van der Waals surface area contributed by atoms with Crippen LogP contribution in [0.3, 0.4) is 0 Å². The van der Waals surface area contributed by atoms with E-state index in [-0.39, 0.29) is 6.17 Å². The van der Waals surface area contributed by atoms with E-state index in [4.69, 9.17) is 4.42 Å². The second-order valence-electron chi connectivity index (χ2n) is 7.77. The van der Waals surface area contributed by atoms with Crippen LogP contribution in [-0.4, -0.2) is 13.2 Å². The summed E-state index contributed by atoms with van der Waals surface area (Å²) in [4.78, 5) is 4.76. The number of anilines is 3. The van der Waals surface area contributed by atoms with Gasteiger partial charge in [-0.1, -0.05) is 30.3 Å². The van der Waals surface area contributed by atoms with Crippen LogP contribution in [0.2, 0.25) is 0 Å². The van der Waals surface area contributed by atoms with Crippen LogP contribution < -0.4 is 9.80 Å². The Balaban J connectivity index is 1.82. The standard InChI is InChI=1S/C24H24N2O/c1-14-9-10-15(2)21(13-14)26-17(4)25(5)22-20(26)12-11-19-18-8-6-7-16(3)23(18)27-24(19)22/h6-13,17H,1-5H3/t17-/m0/s1. The van der Waals surface area contributed by atoms with Gasteiger partial charge in [0.1, 0.15) is 17.4 Å². The molecule has 0 saturated heterocycles. The minimum atomic E-state index is 0.223. The molecule has 5 rings (SSSR count). The number of hydrogen-bond acceptors (Lipinski definition) is 3. The Morgan fingerprint density at radius 2 is 1.59 bits per heavy atom. The van der Waals surface area contributed by atoms with Crippen molar-refractivity contribution in [1.82, 2.24) is 0 Å². The number of fused-ring (bicyclic) bond motifs is 5. The Hall–Kier alpha value is -2.94. The molecule has 27 heavy (non-hydrogen) atoms. The third kappa shape index (κ3) is 2.14. The number of nitrogens with zero attached hydrogens (tertiary/aromatic N) is 2. The molecular weight excluding hydrogens is 332 g/mol. The monoisotopic (exact) mass is 356 g/mol. The van der Waals surface area contributed by atoms with Gasteiger partial charge < -0.3 is 14.2 Å². The predicted molar refractivity (Wildman–Crippen MR) is 114 cm³/mol. The molecule has 136 valence electrons. The van der Waals surface area contributed by atoms with Gasteiger partial charge in [0.2, 0.25) is 0 Å². The highest BCUT2D eigenvalue weighted by molar-refractivity contribution is 6.13. The second-order valence-corrected chi connectivity index (χ2v) is 7.77. The van der Waals surface area contributed by atoms with E-state index in [1.54, 1.807) is 0 Å². The topological polar surface area (TPSA) is 19.6 Å². The summed E-state index contributed by atoms with van der Waals surface area (Å²) in [5, 5.41) is 2.38.